The molecule has 0 amide bonds. The maximum absolute atomic E-state index is 10.1. The van der Waals surface area contributed by atoms with E-state index in [1.807, 2.05) is 0 Å². The molecule has 0 aromatic rings. The number of aliphatic hydroxyl groups excluding tert-OH is 6. The zero-order valence-electron chi connectivity index (χ0n) is 11.7. The van der Waals surface area contributed by atoms with E-state index >= 15 is 0 Å². The molecule has 9 nitrogen and oxygen atoms in total. The van der Waals surface area contributed by atoms with Gasteiger partial charge in [0.05, 0.1) is 25.4 Å². The van der Waals surface area contributed by atoms with Crippen molar-refractivity contribution < 1.29 is 40.1 Å². The summed E-state index contributed by atoms with van der Waals surface area (Å²) in [6.07, 6.45) is -8.53. The lowest BCUT2D eigenvalue weighted by Gasteiger charge is -2.44. The largest absolute Gasteiger partial charge is 0.395 e. The first kappa shape index (κ1) is 18.3. The number of hydrogen-bond donors (Lipinski definition) is 7. The monoisotopic (exact) mass is 343 g/mol. The van der Waals surface area contributed by atoms with Crippen LogP contribution in [0.4, 0.5) is 0 Å². The number of nitrogens with one attached hydrogen (secondary N) is 1. The van der Waals surface area contributed by atoms with Crippen LogP contribution < -0.4 is 5.32 Å². The molecule has 2 fully saturated rings. The van der Waals surface area contributed by atoms with E-state index in [0.29, 0.717) is 0 Å². The zero-order chi connectivity index (χ0) is 16.4. The summed E-state index contributed by atoms with van der Waals surface area (Å²) < 4.78 is 10.7. The molecule has 0 spiro atoms. The Morgan fingerprint density at radius 3 is 2.32 bits per heavy atom. The maximum Gasteiger partial charge on any atom is 0.177 e. The number of ether oxygens (including phenoxy) is 2. The Labute approximate surface area is 132 Å². The van der Waals surface area contributed by atoms with E-state index in [9.17, 15) is 20.4 Å². The summed E-state index contributed by atoms with van der Waals surface area (Å²) in [5.41, 5.74) is 0. The van der Waals surface area contributed by atoms with E-state index in [4.69, 9.17) is 31.3 Å². The zero-order valence-corrected chi connectivity index (χ0v) is 12.5. The van der Waals surface area contributed by atoms with Crippen LogP contribution in [0.25, 0.3) is 0 Å². The molecule has 2 aliphatic heterocycles. The average molecular weight is 344 g/mol. The molecule has 10 heteroatoms. The van der Waals surface area contributed by atoms with E-state index in [2.05, 4.69) is 5.32 Å². The molecule has 0 bridgehead atoms. The molecule has 2 rings (SSSR count). The molecule has 2 heterocycles. The molecule has 0 aromatic carbocycles. The van der Waals surface area contributed by atoms with E-state index in [0.717, 1.165) is 0 Å². The number of aliphatic hydroxyl groups is 6. The molecule has 0 unspecified atom stereocenters. The Bertz CT molecular complexity index is 362. The molecule has 7 N–H and O–H groups in total. The smallest absolute Gasteiger partial charge is 0.177 e. The minimum atomic E-state index is -1.40. The van der Waals surface area contributed by atoms with Gasteiger partial charge in [0.2, 0.25) is 0 Å². The molecule has 0 aromatic heterocycles. The van der Waals surface area contributed by atoms with Crippen molar-refractivity contribution in [3.05, 3.63) is 0 Å². The fourth-order valence-electron chi connectivity index (χ4n) is 2.62. The van der Waals surface area contributed by atoms with Gasteiger partial charge in [-0.2, -0.15) is 0 Å². The predicted molar refractivity (Wildman–Crippen MR) is 73.2 cm³/mol. The molecule has 9 atom stereocenters. The standard InChI is InChI=1S/C12H22ClNO8/c13-7-10(20)9(19)6(3-16)21-12(7)22-11-5(17)1-14-4(2-15)8(11)18/h4-12,14-20H,1-3H2/t4-,5-,6-,7-,8-,9-,10-,11-,12-/m1/s1. The van der Waals surface area contributed by atoms with Crippen molar-refractivity contribution in [2.24, 2.45) is 0 Å². The molecule has 0 aliphatic carbocycles. The molecule has 0 radical (unpaired) electrons. The van der Waals surface area contributed by atoms with Crippen molar-refractivity contribution in [2.75, 3.05) is 19.8 Å². The van der Waals surface area contributed by atoms with Gasteiger partial charge < -0.3 is 45.4 Å². The Kier molecular flexibility index (Phi) is 6.37. The Morgan fingerprint density at radius 2 is 1.73 bits per heavy atom. The molecule has 2 saturated heterocycles. The number of piperidine rings is 1. The maximum atomic E-state index is 10.1. The van der Waals surface area contributed by atoms with Crippen LogP contribution in [0.2, 0.25) is 0 Å². The third kappa shape index (κ3) is 3.54. The third-order valence-corrected chi connectivity index (χ3v) is 4.48. The molecular weight excluding hydrogens is 322 g/mol. The van der Waals surface area contributed by atoms with Crippen LogP contribution in [-0.2, 0) is 9.47 Å². The van der Waals surface area contributed by atoms with Crippen LogP contribution in [0.1, 0.15) is 0 Å². The Morgan fingerprint density at radius 1 is 1.05 bits per heavy atom. The lowest BCUT2D eigenvalue weighted by atomic mass is 9.96. The number of hydrogen-bond acceptors (Lipinski definition) is 9. The van der Waals surface area contributed by atoms with Gasteiger partial charge >= 0.3 is 0 Å². The summed E-state index contributed by atoms with van der Waals surface area (Å²) >= 11 is 5.97. The number of halogens is 1. The summed E-state index contributed by atoms with van der Waals surface area (Å²) in [6, 6.07) is -0.685. The van der Waals surface area contributed by atoms with Crippen molar-refractivity contribution in [1.82, 2.24) is 5.32 Å². The SMILES string of the molecule is OC[C@H]1NC[C@@H](O)[C@@H](O[C@H]2O[C@H](CO)[C@@H](O)[C@H](O)[C@H]2Cl)[C@@H]1O. The van der Waals surface area contributed by atoms with E-state index in [1.165, 1.54) is 0 Å². The first-order valence-corrected chi connectivity index (χ1v) is 7.46. The van der Waals surface area contributed by atoms with Gasteiger partial charge in [-0.25, -0.2) is 0 Å². The summed E-state index contributed by atoms with van der Waals surface area (Å²) in [5, 5.41) is 59.4. The topological polar surface area (TPSA) is 152 Å². The fourth-order valence-corrected chi connectivity index (χ4v) is 2.89. The van der Waals surface area contributed by atoms with Gasteiger partial charge in [-0.05, 0) is 0 Å². The minimum absolute atomic E-state index is 0.0846. The van der Waals surface area contributed by atoms with Crippen molar-refractivity contribution in [3.63, 3.8) is 0 Å². The van der Waals surface area contributed by atoms with Crippen LogP contribution in [-0.4, -0.2) is 105 Å². The van der Waals surface area contributed by atoms with Gasteiger partial charge in [-0.1, -0.05) is 0 Å². The quantitative estimate of drug-likeness (QED) is 0.254. The normalized spacial score (nSPS) is 50.0. The van der Waals surface area contributed by atoms with Crippen molar-refractivity contribution in [1.29, 1.82) is 0 Å². The first-order chi connectivity index (χ1) is 10.4. The number of rotatable bonds is 4. The van der Waals surface area contributed by atoms with Gasteiger partial charge in [-0.3, -0.25) is 0 Å². The first-order valence-electron chi connectivity index (χ1n) is 7.03. The van der Waals surface area contributed by atoms with Gasteiger partial charge in [0, 0.05) is 6.54 Å². The molecule has 2 aliphatic rings. The highest BCUT2D eigenvalue weighted by molar-refractivity contribution is 6.21. The van der Waals surface area contributed by atoms with Crippen molar-refractivity contribution in [3.8, 4) is 0 Å². The molecular formula is C12H22ClNO8. The van der Waals surface area contributed by atoms with Gasteiger partial charge in [0.25, 0.3) is 0 Å². The molecule has 0 saturated carbocycles. The third-order valence-electron chi connectivity index (χ3n) is 4.01. The summed E-state index contributed by atoms with van der Waals surface area (Å²) in [7, 11) is 0. The van der Waals surface area contributed by atoms with Crippen LogP contribution in [0.15, 0.2) is 0 Å². The van der Waals surface area contributed by atoms with Gasteiger partial charge in [0.1, 0.15) is 35.9 Å². The van der Waals surface area contributed by atoms with Gasteiger partial charge in [-0.15, -0.1) is 11.6 Å². The van der Waals surface area contributed by atoms with Gasteiger partial charge in [0.15, 0.2) is 6.29 Å². The Balaban J connectivity index is 2.07. The van der Waals surface area contributed by atoms with E-state index in [1.54, 1.807) is 0 Å². The number of β-amino-alcohol motifs (C(OH)–C–C–N with tert-alkyl or cyclic N) is 1. The van der Waals surface area contributed by atoms with Crippen LogP contribution in [0, 0.1) is 0 Å². The highest BCUT2D eigenvalue weighted by Gasteiger charge is 2.47. The average Bonchev–Trinajstić information content (AvgIpc) is 2.51. The summed E-state index contributed by atoms with van der Waals surface area (Å²) in [5.74, 6) is 0. The van der Waals surface area contributed by atoms with Crippen LogP contribution in [0.3, 0.4) is 0 Å². The van der Waals surface area contributed by atoms with Crippen molar-refractivity contribution >= 4 is 11.6 Å². The minimum Gasteiger partial charge on any atom is -0.395 e. The van der Waals surface area contributed by atoms with Crippen LogP contribution >= 0.6 is 11.6 Å². The molecule has 130 valence electrons. The second kappa shape index (κ2) is 7.67. The van der Waals surface area contributed by atoms with E-state index in [-0.39, 0.29) is 13.2 Å². The summed E-state index contributed by atoms with van der Waals surface area (Å²) in [6.45, 7) is -0.830. The lowest BCUT2D eigenvalue weighted by molar-refractivity contribution is -0.288. The fraction of sp³-hybridized carbons (Fsp3) is 1.00. The highest BCUT2D eigenvalue weighted by atomic mass is 35.5. The lowest BCUT2D eigenvalue weighted by Crippen LogP contribution is -2.64. The number of alkyl halides is 1. The molecule has 22 heavy (non-hydrogen) atoms. The second-order valence-electron chi connectivity index (χ2n) is 5.51. The Hall–Kier alpha value is -0.0700. The van der Waals surface area contributed by atoms with Crippen molar-refractivity contribution in [2.45, 2.75) is 54.3 Å². The van der Waals surface area contributed by atoms with Crippen LogP contribution in [0.5, 0.6) is 0 Å². The highest BCUT2D eigenvalue weighted by Crippen LogP contribution is 2.28. The predicted octanol–water partition coefficient (Wildman–Crippen LogP) is -3.90. The summed E-state index contributed by atoms with van der Waals surface area (Å²) in [4.78, 5) is 0. The van der Waals surface area contributed by atoms with E-state index < -0.39 is 60.9 Å². The second-order valence-corrected chi connectivity index (χ2v) is 6.01.